The lowest BCUT2D eigenvalue weighted by molar-refractivity contribution is -0.149. The van der Waals surface area contributed by atoms with Crippen LogP contribution in [0.5, 0.6) is 0 Å². The largest absolute Gasteiger partial charge is 0.468 e. The molecule has 0 fully saturated rings. The van der Waals surface area contributed by atoms with Crippen LogP contribution in [0.3, 0.4) is 0 Å². The van der Waals surface area contributed by atoms with E-state index < -0.39 is 11.9 Å². The van der Waals surface area contributed by atoms with Crippen LogP contribution in [0.4, 0.5) is 0 Å². The zero-order valence-electron chi connectivity index (χ0n) is 11.4. The summed E-state index contributed by atoms with van der Waals surface area (Å²) in [7, 11) is 1.33. The maximum atomic E-state index is 12.1. The van der Waals surface area contributed by atoms with Gasteiger partial charge in [-0.25, -0.2) is 0 Å². The maximum Gasteiger partial charge on any atom is 0.316 e. The van der Waals surface area contributed by atoms with E-state index in [-0.39, 0.29) is 5.78 Å². The van der Waals surface area contributed by atoms with Crippen molar-refractivity contribution in [3.05, 3.63) is 30.3 Å². The van der Waals surface area contributed by atoms with Crippen molar-refractivity contribution in [2.24, 2.45) is 5.92 Å². The fourth-order valence-electron chi connectivity index (χ4n) is 1.73. The van der Waals surface area contributed by atoms with Crippen molar-refractivity contribution in [2.45, 2.75) is 31.1 Å². The van der Waals surface area contributed by atoms with Crippen LogP contribution >= 0.6 is 11.8 Å². The number of ether oxygens (including phenoxy) is 1. The molecule has 0 spiro atoms. The van der Waals surface area contributed by atoms with Gasteiger partial charge in [0.2, 0.25) is 0 Å². The van der Waals surface area contributed by atoms with Crippen LogP contribution < -0.4 is 0 Å². The zero-order valence-corrected chi connectivity index (χ0v) is 12.2. The molecule has 0 aliphatic carbocycles. The average Bonchev–Trinajstić information content (AvgIpc) is 2.46. The summed E-state index contributed by atoms with van der Waals surface area (Å²) in [5, 5.41) is 0. The number of Topliss-reactive ketones (excluding diaryl/α,β-unsaturated/α-hetero) is 1. The number of benzene rings is 1. The van der Waals surface area contributed by atoms with Crippen LogP contribution in [0.2, 0.25) is 0 Å². The molecular formula is C15H20O3S. The normalized spacial score (nSPS) is 11.9. The summed E-state index contributed by atoms with van der Waals surface area (Å²) in [5.41, 5.74) is 0. The Balaban J connectivity index is 2.54. The van der Waals surface area contributed by atoms with Crippen LogP contribution in [0.25, 0.3) is 0 Å². The Bertz CT molecular complexity index is 403. The Morgan fingerprint density at radius 1 is 1.26 bits per heavy atom. The first-order chi connectivity index (χ1) is 9.19. The standard InChI is InChI=1S/C15H20O3S/c1-3-4-10-13(15(17)18-2)14(16)11-19-12-8-6-5-7-9-12/h5-9,13H,3-4,10-11H2,1-2H3. The number of esters is 1. The van der Waals surface area contributed by atoms with E-state index in [2.05, 4.69) is 0 Å². The van der Waals surface area contributed by atoms with Crippen LogP contribution in [-0.4, -0.2) is 24.6 Å². The number of hydrogen-bond donors (Lipinski definition) is 0. The first kappa shape index (κ1) is 15.8. The van der Waals surface area contributed by atoms with Crippen molar-refractivity contribution < 1.29 is 14.3 Å². The molecule has 1 unspecified atom stereocenters. The highest BCUT2D eigenvalue weighted by Crippen LogP contribution is 2.20. The second-order valence-electron chi connectivity index (χ2n) is 4.29. The molecule has 0 radical (unpaired) electrons. The summed E-state index contributed by atoms with van der Waals surface area (Å²) in [4.78, 5) is 24.8. The fraction of sp³-hybridized carbons (Fsp3) is 0.467. The van der Waals surface area contributed by atoms with E-state index in [1.807, 2.05) is 37.3 Å². The molecule has 0 saturated carbocycles. The second kappa shape index (κ2) is 8.75. The van der Waals surface area contributed by atoms with Crippen LogP contribution in [-0.2, 0) is 14.3 Å². The highest BCUT2D eigenvalue weighted by Gasteiger charge is 2.26. The summed E-state index contributed by atoms with van der Waals surface area (Å²) in [6.07, 6.45) is 2.41. The topological polar surface area (TPSA) is 43.4 Å². The second-order valence-corrected chi connectivity index (χ2v) is 5.33. The third kappa shape index (κ3) is 5.47. The molecule has 104 valence electrons. The first-order valence-corrected chi connectivity index (χ1v) is 7.46. The van der Waals surface area contributed by atoms with Gasteiger partial charge in [0.25, 0.3) is 0 Å². The molecule has 0 heterocycles. The third-order valence-electron chi connectivity index (χ3n) is 2.85. The van der Waals surface area contributed by atoms with E-state index in [1.165, 1.54) is 18.9 Å². The Hall–Kier alpha value is -1.29. The fourth-order valence-corrected chi connectivity index (χ4v) is 2.59. The molecule has 3 nitrogen and oxygen atoms in total. The highest BCUT2D eigenvalue weighted by molar-refractivity contribution is 8.00. The van der Waals surface area contributed by atoms with E-state index in [1.54, 1.807) is 0 Å². The van der Waals surface area contributed by atoms with Crippen LogP contribution in [0.15, 0.2) is 35.2 Å². The number of unbranched alkanes of at least 4 members (excludes halogenated alkanes) is 1. The van der Waals surface area contributed by atoms with Gasteiger partial charge >= 0.3 is 5.97 Å². The molecule has 0 bridgehead atoms. The maximum absolute atomic E-state index is 12.1. The van der Waals surface area contributed by atoms with Crippen molar-refractivity contribution in [3.63, 3.8) is 0 Å². The minimum atomic E-state index is -0.610. The average molecular weight is 280 g/mol. The molecule has 1 aromatic rings. The van der Waals surface area contributed by atoms with Crippen molar-refractivity contribution in [3.8, 4) is 0 Å². The predicted octanol–water partition coefficient (Wildman–Crippen LogP) is 3.33. The minimum Gasteiger partial charge on any atom is -0.468 e. The van der Waals surface area contributed by atoms with Gasteiger partial charge in [0.15, 0.2) is 5.78 Å². The number of hydrogen-bond acceptors (Lipinski definition) is 4. The number of methoxy groups -OCH3 is 1. The first-order valence-electron chi connectivity index (χ1n) is 6.47. The number of rotatable bonds is 8. The van der Waals surface area contributed by atoms with Crippen LogP contribution in [0.1, 0.15) is 26.2 Å². The predicted molar refractivity (Wildman–Crippen MR) is 77.2 cm³/mol. The molecule has 0 aliphatic heterocycles. The van der Waals surface area contributed by atoms with Gasteiger partial charge in [-0.15, -0.1) is 11.8 Å². The molecule has 4 heteroatoms. The van der Waals surface area contributed by atoms with Gasteiger partial charge in [-0.1, -0.05) is 38.0 Å². The van der Waals surface area contributed by atoms with E-state index in [0.29, 0.717) is 12.2 Å². The molecule has 0 aliphatic rings. The lowest BCUT2D eigenvalue weighted by Gasteiger charge is -2.12. The summed E-state index contributed by atoms with van der Waals surface area (Å²) < 4.78 is 4.71. The molecular weight excluding hydrogens is 260 g/mol. The molecule has 19 heavy (non-hydrogen) atoms. The lowest BCUT2D eigenvalue weighted by atomic mass is 9.98. The van der Waals surface area contributed by atoms with Gasteiger partial charge in [0, 0.05) is 4.90 Å². The number of thioether (sulfide) groups is 1. The van der Waals surface area contributed by atoms with Crippen molar-refractivity contribution in [2.75, 3.05) is 12.9 Å². The summed E-state index contributed by atoms with van der Waals surface area (Å²) in [6.45, 7) is 2.04. The smallest absolute Gasteiger partial charge is 0.316 e. The summed E-state index contributed by atoms with van der Waals surface area (Å²) in [6, 6.07) is 9.71. The monoisotopic (exact) mass is 280 g/mol. The molecule has 1 rings (SSSR count). The molecule has 1 aromatic carbocycles. The van der Waals surface area contributed by atoms with E-state index in [4.69, 9.17) is 4.74 Å². The molecule has 0 saturated heterocycles. The number of carbonyl (C=O) groups excluding carboxylic acids is 2. The zero-order chi connectivity index (χ0) is 14.1. The Morgan fingerprint density at radius 3 is 2.53 bits per heavy atom. The van der Waals surface area contributed by atoms with Gasteiger partial charge in [-0.05, 0) is 18.6 Å². The van der Waals surface area contributed by atoms with E-state index in [0.717, 1.165) is 17.7 Å². The molecule has 1 atom stereocenters. The number of carbonyl (C=O) groups is 2. The highest BCUT2D eigenvalue weighted by atomic mass is 32.2. The van der Waals surface area contributed by atoms with Gasteiger partial charge in [0.05, 0.1) is 12.9 Å². The Morgan fingerprint density at radius 2 is 1.95 bits per heavy atom. The number of ketones is 1. The van der Waals surface area contributed by atoms with Gasteiger partial charge in [-0.3, -0.25) is 9.59 Å². The summed E-state index contributed by atoms with van der Waals surface area (Å²) >= 11 is 1.46. The van der Waals surface area contributed by atoms with Gasteiger partial charge in [-0.2, -0.15) is 0 Å². The van der Waals surface area contributed by atoms with Gasteiger partial charge in [0.1, 0.15) is 5.92 Å². The van der Waals surface area contributed by atoms with E-state index >= 15 is 0 Å². The Labute approximate surface area is 118 Å². The summed E-state index contributed by atoms with van der Waals surface area (Å²) in [5.74, 6) is -0.754. The Kier molecular flexibility index (Phi) is 7.26. The van der Waals surface area contributed by atoms with Crippen molar-refractivity contribution in [1.29, 1.82) is 0 Å². The quantitative estimate of drug-likeness (QED) is 0.416. The minimum absolute atomic E-state index is 0.0471. The van der Waals surface area contributed by atoms with E-state index in [9.17, 15) is 9.59 Å². The third-order valence-corrected chi connectivity index (χ3v) is 3.88. The van der Waals surface area contributed by atoms with Crippen molar-refractivity contribution >= 4 is 23.5 Å². The van der Waals surface area contributed by atoms with Crippen molar-refractivity contribution in [1.82, 2.24) is 0 Å². The SMILES string of the molecule is CCCCC(C(=O)CSc1ccccc1)C(=O)OC. The lowest BCUT2D eigenvalue weighted by Crippen LogP contribution is -2.26. The molecule has 0 aromatic heterocycles. The van der Waals surface area contributed by atoms with Crippen LogP contribution in [0, 0.1) is 5.92 Å². The van der Waals surface area contributed by atoms with Gasteiger partial charge < -0.3 is 4.74 Å². The molecule has 0 amide bonds. The molecule has 0 N–H and O–H groups in total.